The maximum atomic E-state index is 12.6. The fourth-order valence-electron chi connectivity index (χ4n) is 3.47. The first-order chi connectivity index (χ1) is 13.2. The van der Waals surface area contributed by atoms with E-state index in [1.807, 2.05) is 60.7 Å². The Kier molecular flexibility index (Phi) is 4.60. The van der Waals surface area contributed by atoms with Crippen LogP contribution in [0.1, 0.15) is 15.9 Å². The van der Waals surface area contributed by atoms with Crippen molar-refractivity contribution in [2.45, 2.75) is 6.42 Å². The van der Waals surface area contributed by atoms with Crippen LogP contribution in [0, 0.1) is 0 Å². The minimum atomic E-state index is -0.147. The average molecular weight is 360 g/mol. The molecule has 0 radical (unpaired) electrons. The molecule has 4 rings (SSSR count). The van der Waals surface area contributed by atoms with Crippen molar-refractivity contribution < 1.29 is 14.3 Å². The predicted molar refractivity (Wildman–Crippen MR) is 106 cm³/mol. The van der Waals surface area contributed by atoms with Gasteiger partial charge in [-0.3, -0.25) is 9.59 Å². The number of fused-ring (bicyclic) bond motifs is 2. The molecule has 0 aliphatic carbocycles. The van der Waals surface area contributed by atoms with E-state index in [4.69, 9.17) is 4.74 Å². The Morgan fingerprint density at radius 2 is 1.85 bits per heavy atom. The zero-order valence-electron chi connectivity index (χ0n) is 15.1. The van der Waals surface area contributed by atoms with E-state index in [2.05, 4.69) is 5.32 Å². The summed E-state index contributed by atoms with van der Waals surface area (Å²) in [5.41, 5.74) is 3.29. The van der Waals surface area contributed by atoms with Crippen LogP contribution in [-0.2, 0) is 16.0 Å². The van der Waals surface area contributed by atoms with Gasteiger partial charge in [-0.05, 0) is 53.1 Å². The van der Waals surface area contributed by atoms with Gasteiger partial charge in [-0.15, -0.1) is 0 Å². The highest BCUT2D eigenvalue weighted by Crippen LogP contribution is 2.30. The largest absolute Gasteiger partial charge is 0.375 e. The van der Waals surface area contributed by atoms with E-state index in [9.17, 15) is 9.59 Å². The summed E-state index contributed by atoms with van der Waals surface area (Å²) in [5, 5.41) is 5.09. The number of anilines is 2. The summed E-state index contributed by atoms with van der Waals surface area (Å²) in [6, 6.07) is 19.3. The van der Waals surface area contributed by atoms with E-state index in [-0.39, 0.29) is 18.4 Å². The van der Waals surface area contributed by atoms with Crippen molar-refractivity contribution in [2.75, 3.05) is 30.5 Å². The lowest BCUT2D eigenvalue weighted by Gasteiger charge is -2.17. The number of carbonyl (C=O) groups is 2. The van der Waals surface area contributed by atoms with Crippen LogP contribution in [0.5, 0.6) is 0 Å². The molecule has 1 heterocycles. The first-order valence-corrected chi connectivity index (χ1v) is 8.88. The zero-order valence-corrected chi connectivity index (χ0v) is 15.1. The Morgan fingerprint density at radius 1 is 1.04 bits per heavy atom. The molecule has 1 aliphatic heterocycles. The molecule has 0 saturated heterocycles. The molecule has 3 aromatic carbocycles. The predicted octanol–water partition coefficient (Wildman–Crippen LogP) is 3.63. The summed E-state index contributed by atoms with van der Waals surface area (Å²) in [4.78, 5) is 26.4. The van der Waals surface area contributed by atoms with E-state index in [1.54, 1.807) is 4.90 Å². The lowest BCUT2D eigenvalue weighted by Crippen LogP contribution is -2.31. The number of hydrogen-bond donors (Lipinski definition) is 1. The summed E-state index contributed by atoms with van der Waals surface area (Å²) < 4.78 is 4.94. The Morgan fingerprint density at radius 3 is 2.67 bits per heavy atom. The molecule has 27 heavy (non-hydrogen) atoms. The molecule has 1 N–H and O–H groups in total. The Labute approximate surface area is 157 Å². The third-order valence-corrected chi connectivity index (χ3v) is 4.81. The van der Waals surface area contributed by atoms with Crippen LogP contribution in [0.25, 0.3) is 10.8 Å². The fraction of sp³-hybridized carbons (Fsp3) is 0.182. The van der Waals surface area contributed by atoms with Crippen molar-refractivity contribution >= 4 is 34.0 Å². The second-order valence-corrected chi connectivity index (χ2v) is 6.59. The minimum absolute atomic E-state index is 0.0517. The lowest BCUT2D eigenvalue weighted by molar-refractivity contribution is -0.122. The lowest BCUT2D eigenvalue weighted by atomic mass is 10.1. The van der Waals surface area contributed by atoms with Gasteiger partial charge in [0.25, 0.3) is 11.8 Å². The molecule has 5 heteroatoms. The van der Waals surface area contributed by atoms with E-state index >= 15 is 0 Å². The van der Waals surface area contributed by atoms with Crippen LogP contribution in [0.2, 0.25) is 0 Å². The van der Waals surface area contributed by atoms with Gasteiger partial charge in [0.15, 0.2) is 0 Å². The van der Waals surface area contributed by atoms with Crippen LogP contribution in [-0.4, -0.2) is 32.1 Å². The number of ether oxygens (including phenoxy) is 1. The molecule has 136 valence electrons. The van der Waals surface area contributed by atoms with Crippen LogP contribution in [0.15, 0.2) is 60.7 Å². The number of carbonyl (C=O) groups excluding carboxylic acids is 2. The fourth-order valence-corrected chi connectivity index (χ4v) is 3.47. The highest BCUT2D eigenvalue weighted by Gasteiger charge is 2.24. The summed E-state index contributed by atoms with van der Waals surface area (Å²) in [5.74, 6) is -0.199. The molecular weight excluding hydrogens is 340 g/mol. The van der Waals surface area contributed by atoms with E-state index in [0.29, 0.717) is 12.1 Å². The van der Waals surface area contributed by atoms with Crippen molar-refractivity contribution in [3.63, 3.8) is 0 Å². The third-order valence-electron chi connectivity index (χ3n) is 4.81. The average Bonchev–Trinajstić information content (AvgIpc) is 3.11. The van der Waals surface area contributed by atoms with Gasteiger partial charge in [0.2, 0.25) is 0 Å². The Balaban J connectivity index is 1.53. The molecule has 0 saturated carbocycles. The quantitative estimate of drug-likeness (QED) is 0.773. The number of nitrogens with one attached hydrogen (secondary N) is 1. The minimum Gasteiger partial charge on any atom is -0.375 e. The van der Waals surface area contributed by atoms with Crippen LogP contribution in [0.3, 0.4) is 0 Å². The van der Waals surface area contributed by atoms with Crippen LogP contribution in [0.4, 0.5) is 11.4 Å². The van der Waals surface area contributed by atoms with Crippen molar-refractivity contribution in [1.82, 2.24) is 0 Å². The van der Waals surface area contributed by atoms with Gasteiger partial charge in [0.05, 0.1) is 0 Å². The maximum absolute atomic E-state index is 12.6. The van der Waals surface area contributed by atoms with Crippen molar-refractivity contribution in [3.05, 3.63) is 71.8 Å². The molecule has 0 aromatic heterocycles. The molecule has 3 aromatic rings. The van der Waals surface area contributed by atoms with Crippen LogP contribution >= 0.6 is 0 Å². The number of benzene rings is 3. The Hall–Kier alpha value is -3.18. The second-order valence-electron chi connectivity index (χ2n) is 6.59. The monoisotopic (exact) mass is 360 g/mol. The number of amides is 2. The molecule has 0 atom stereocenters. The smallest absolute Gasteiger partial charge is 0.255 e. The number of nitrogens with zero attached hydrogens (tertiary/aromatic N) is 1. The van der Waals surface area contributed by atoms with Gasteiger partial charge in [-0.2, -0.15) is 0 Å². The highest BCUT2D eigenvalue weighted by molar-refractivity contribution is 6.06. The highest BCUT2D eigenvalue weighted by atomic mass is 16.5. The molecule has 5 nitrogen and oxygen atoms in total. The van der Waals surface area contributed by atoms with Crippen molar-refractivity contribution in [1.29, 1.82) is 0 Å². The molecule has 0 bridgehead atoms. The molecule has 1 aliphatic rings. The van der Waals surface area contributed by atoms with E-state index in [0.717, 1.165) is 34.1 Å². The number of hydrogen-bond acceptors (Lipinski definition) is 3. The van der Waals surface area contributed by atoms with Gasteiger partial charge < -0.3 is 15.0 Å². The summed E-state index contributed by atoms with van der Waals surface area (Å²) in [6.45, 7) is 0.708. The first-order valence-electron chi connectivity index (χ1n) is 8.88. The van der Waals surface area contributed by atoms with Gasteiger partial charge in [-0.1, -0.05) is 30.3 Å². The third kappa shape index (κ3) is 3.41. The normalized spacial score (nSPS) is 12.9. The van der Waals surface area contributed by atoms with Gasteiger partial charge >= 0.3 is 0 Å². The standard InChI is InChI=1S/C22H20N2O3/c1-27-14-21(25)24-11-10-17-13-19(8-9-20(17)24)23-22(26)18-7-6-15-4-2-3-5-16(15)12-18/h2-9,12-13H,10-11,14H2,1H3,(H,23,26). The van der Waals surface area contributed by atoms with Gasteiger partial charge in [0, 0.05) is 30.6 Å². The van der Waals surface area contributed by atoms with Crippen molar-refractivity contribution in [2.24, 2.45) is 0 Å². The molecule has 0 spiro atoms. The molecular formula is C22H20N2O3. The molecule has 0 fully saturated rings. The van der Waals surface area contributed by atoms with Crippen LogP contribution < -0.4 is 10.2 Å². The topological polar surface area (TPSA) is 58.6 Å². The first kappa shape index (κ1) is 17.2. The van der Waals surface area contributed by atoms with Crippen molar-refractivity contribution in [3.8, 4) is 0 Å². The summed E-state index contributed by atoms with van der Waals surface area (Å²) in [7, 11) is 1.51. The molecule has 0 unspecified atom stereocenters. The number of rotatable bonds is 4. The van der Waals surface area contributed by atoms with E-state index < -0.39 is 0 Å². The zero-order chi connectivity index (χ0) is 18.8. The van der Waals surface area contributed by atoms with Gasteiger partial charge in [-0.25, -0.2) is 0 Å². The number of methoxy groups -OCH3 is 1. The maximum Gasteiger partial charge on any atom is 0.255 e. The molecule has 2 amide bonds. The second kappa shape index (κ2) is 7.21. The SMILES string of the molecule is COCC(=O)N1CCc2cc(NC(=O)c3ccc4ccccc4c3)ccc21. The van der Waals surface area contributed by atoms with E-state index in [1.165, 1.54) is 7.11 Å². The summed E-state index contributed by atoms with van der Waals surface area (Å²) >= 11 is 0. The summed E-state index contributed by atoms with van der Waals surface area (Å²) in [6.07, 6.45) is 0.768. The Bertz CT molecular complexity index is 1030. The van der Waals surface area contributed by atoms with Gasteiger partial charge in [0.1, 0.15) is 6.61 Å².